The van der Waals surface area contributed by atoms with Gasteiger partial charge in [0.1, 0.15) is 12.2 Å². The van der Waals surface area contributed by atoms with E-state index in [1.807, 2.05) is 4.68 Å². The van der Waals surface area contributed by atoms with E-state index >= 15 is 0 Å². The minimum absolute atomic E-state index is 0.0646. The van der Waals surface area contributed by atoms with Gasteiger partial charge in [0.2, 0.25) is 0 Å². The molecule has 0 saturated carbocycles. The molecule has 0 aromatic carbocycles. The molecule has 0 bridgehead atoms. The van der Waals surface area contributed by atoms with Gasteiger partial charge in [-0.2, -0.15) is 5.10 Å². The second kappa shape index (κ2) is 6.60. The topological polar surface area (TPSA) is 30.7 Å². The van der Waals surface area contributed by atoms with Crippen molar-refractivity contribution in [2.24, 2.45) is 11.3 Å². The molecule has 0 saturated heterocycles. The Balaban J connectivity index is 2.82. The first-order valence-corrected chi connectivity index (χ1v) is 7.12. The summed E-state index contributed by atoms with van der Waals surface area (Å²) in [4.78, 5) is 4.33. The van der Waals surface area contributed by atoms with E-state index in [-0.39, 0.29) is 5.41 Å². The maximum Gasteiger partial charge on any atom is 0.138 e. The highest BCUT2D eigenvalue weighted by Gasteiger charge is 2.28. The molecule has 17 heavy (non-hydrogen) atoms. The Labute approximate surface area is 114 Å². The zero-order valence-electron chi connectivity index (χ0n) is 10.8. The van der Waals surface area contributed by atoms with Crippen LogP contribution in [-0.4, -0.2) is 26.5 Å². The Hall–Kier alpha value is -0.280. The van der Waals surface area contributed by atoms with Crippen molar-refractivity contribution in [2.75, 3.05) is 11.8 Å². The smallest absolute Gasteiger partial charge is 0.138 e. The van der Waals surface area contributed by atoms with Crippen molar-refractivity contribution in [3.63, 3.8) is 0 Å². The Kier molecular flexibility index (Phi) is 5.74. The van der Waals surface area contributed by atoms with Gasteiger partial charge in [-0.1, -0.05) is 20.8 Å². The van der Waals surface area contributed by atoms with Crippen LogP contribution in [-0.2, 0) is 13.0 Å². The molecule has 0 aliphatic rings. The molecule has 0 fully saturated rings. The standard InChI is InChI=1S/C12H21Cl2N3/c1-4-12(7-13,8-14)5-11-15-9-16-17(11)6-10(2)3/h9-10H,4-8H2,1-3H3. The first-order chi connectivity index (χ1) is 8.06. The van der Waals surface area contributed by atoms with Gasteiger partial charge in [0.15, 0.2) is 0 Å². The van der Waals surface area contributed by atoms with E-state index in [9.17, 15) is 0 Å². The molecular formula is C12H21Cl2N3. The van der Waals surface area contributed by atoms with E-state index < -0.39 is 0 Å². The summed E-state index contributed by atoms with van der Waals surface area (Å²) in [5.41, 5.74) is -0.0646. The van der Waals surface area contributed by atoms with Crippen LogP contribution in [0.3, 0.4) is 0 Å². The predicted molar refractivity (Wildman–Crippen MR) is 72.7 cm³/mol. The number of hydrogen-bond acceptors (Lipinski definition) is 2. The summed E-state index contributed by atoms with van der Waals surface area (Å²) >= 11 is 12.1. The van der Waals surface area contributed by atoms with Crippen LogP contribution in [0, 0.1) is 11.3 Å². The molecule has 1 heterocycles. The minimum Gasteiger partial charge on any atom is -0.250 e. The third-order valence-corrected chi connectivity index (χ3v) is 4.22. The van der Waals surface area contributed by atoms with Crippen molar-refractivity contribution < 1.29 is 0 Å². The average Bonchev–Trinajstić information content (AvgIpc) is 2.72. The van der Waals surface area contributed by atoms with Gasteiger partial charge in [-0.15, -0.1) is 23.2 Å². The molecule has 5 heteroatoms. The monoisotopic (exact) mass is 277 g/mol. The van der Waals surface area contributed by atoms with Crippen LogP contribution >= 0.6 is 23.2 Å². The summed E-state index contributed by atoms with van der Waals surface area (Å²) in [5.74, 6) is 2.66. The highest BCUT2D eigenvalue weighted by atomic mass is 35.5. The fourth-order valence-corrected chi connectivity index (χ4v) is 2.56. The number of aromatic nitrogens is 3. The van der Waals surface area contributed by atoms with Crippen molar-refractivity contribution in [3.8, 4) is 0 Å². The SMILES string of the molecule is CCC(CCl)(CCl)Cc1ncnn1CC(C)C. The fraction of sp³-hybridized carbons (Fsp3) is 0.833. The summed E-state index contributed by atoms with van der Waals surface area (Å²) in [7, 11) is 0. The third-order valence-electron chi connectivity index (χ3n) is 3.08. The Morgan fingerprint density at radius 1 is 1.35 bits per heavy atom. The summed E-state index contributed by atoms with van der Waals surface area (Å²) in [6, 6.07) is 0. The molecule has 0 N–H and O–H groups in total. The van der Waals surface area contributed by atoms with Gasteiger partial charge < -0.3 is 0 Å². The first kappa shape index (κ1) is 14.8. The van der Waals surface area contributed by atoms with Crippen LogP contribution in [0.2, 0.25) is 0 Å². The molecule has 0 aliphatic heterocycles. The Morgan fingerprint density at radius 3 is 2.47 bits per heavy atom. The second-order valence-electron chi connectivity index (χ2n) is 5.05. The summed E-state index contributed by atoms with van der Waals surface area (Å²) in [6.45, 7) is 7.34. The summed E-state index contributed by atoms with van der Waals surface area (Å²) in [5, 5.41) is 4.26. The maximum absolute atomic E-state index is 6.06. The lowest BCUT2D eigenvalue weighted by Gasteiger charge is -2.27. The van der Waals surface area contributed by atoms with E-state index in [2.05, 4.69) is 30.9 Å². The largest absolute Gasteiger partial charge is 0.250 e. The quantitative estimate of drug-likeness (QED) is 0.716. The van der Waals surface area contributed by atoms with E-state index in [4.69, 9.17) is 23.2 Å². The zero-order chi connectivity index (χ0) is 12.9. The van der Waals surface area contributed by atoms with Crippen molar-refractivity contribution in [3.05, 3.63) is 12.2 Å². The lowest BCUT2D eigenvalue weighted by atomic mass is 9.85. The van der Waals surface area contributed by atoms with Crippen molar-refractivity contribution >= 4 is 23.2 Å². The number of nitrogens with zero attached hydrogens (tertiary/aromatic N) is 3. The lowest BCUT2D eigenvalue weighted by molar-refractivity contribution is 0.338. The van der Waals surface area contributed by atoms with Crippen LogP contribution in [0.4, 0.5) is 0 Å². The molecule has 98 valence electrons. The van der Waals surface area contributed by atoms with Gasteiger partial charge in [0, 0.05) is 30.1 Å². The maximum atomic E-state index is 6.06. The van der Waals surface area contributed by atoms with Gasteiger partial charge in [0.25, 0.3) is 0 Å². The van der Waals surface area contributed by atoms with Crippen LogP contribution in [0.5, 0.6) is 0 Å². The van der Waals surface area contributed by atoms with Gasteiger partial charge in [-0.05, 0) is 12.3 Å². The number of halogens is 2. The van der Waals surface area contributed by atoms with E-state index in [0.717, 1.165) is 25.2 Å². The molecule has 1 aromatic heterocycles. The van der Waals surface area contributed by atoms with Crippen molar-refractivity contribution in [1.29, 1.82) is 0 Å². The molecule has 1 aromatic rings. The van der Waals surface area contributed by atoms with Gasteiger partial charge in [0.05, 0.1) is 0 Å². The van der Waals surface area contributed by atoms with E-state index in [1.165, 1.54) is 0 Å². The molecule has 0 unspecified atom stereocenters. The van der Waals surface area contributed by atoms with Crippen molar-refractivity contribution in [1.82, 2.24) is 14.8 Å². The molecule has 0 spiro atoms. The molecule has 1 rings (SSSR count). The fourth-order valence-electron chi connectivity index (χ4n) is 1.70. The van der Waals surface area contributed by atoms with Crippen LogP contribution in [0.15, 0.2) is 6.33 Å². The minimum atomic E-state index is -0.0646. The number of alkyl halides is 2. The van der Waals surface area contributed by atoms with Crippen molar-refractivity contribution in [2.45, 2.75) is 40.2 Å². The molecular weight excluding hydrogens is 257 g/mol. The average molecular weight is 278 g/mol. The van der Waals surface area contributed by atoms with Gasteiger partial charge >= 0.3 is 0 Å². The highest BCUT2D eigenvalue weighted by Crippen LogP contribution is 2.29. The van der Waals surface area contributed by atoms with E-state index in [0.29, 0.717) is 17.7 Å². The van der Waals surface area contributed by atoms with Gasteiger partial charge in [-0.3, -0.25) is 0 Å². The van der Waals surface area contributed by atoms with Crippen LogP contribution in [0.1, 0.15) is 33.0 Å². The first-order valence-electron chi connectivity index (χ1n) is 6.05. The summed E-state index contributed by atoms with van der Waals surface area (Å²) < 4.78 is 1.97. The van der Waals surface area contributed by atoms with Crippen LogP contribution in [0.25, 0.3) is 0 Å². The number of hydrogen-bond donors (Lipinski definition) is 0. The highest BCUT2D eigenvalue weighted by molar-refractivity contribution is 6.21. The number of rotatable bonds is 7. The van der Waals surface area contributed by atoms with Crippen LogP contribution < -0.4 is 0 Å². The Morgan fingerprint density at radius 2 is 2.00 bits per heavy atom. The molecule has 0 atom stereocenters. The third kappa shape index (κ3) is 3.85. The predicted octanol–water partition coefficient (Wildman–Crippen LogP) is 3.35. The second-order valence-corrected chi connectivity index (χ2v) is 5.58. The molecule has 0 radical (unpaired) electrons. The molecule has 0 aliphatic carbocycles. The normalized spacial score (nSPS) is 12.4. The summed E-state index contributed by atoms with van der Waals surface area (Å²) in [6.07, 6.45) is 3.36. The lowest BCUT2D eigenvalue weighted by Crippen LogP contribution is -2.29. The van der Waals surface area contributed by atoms with Gasteiger partial charge in [-0.25, -0.2) is 9.67 Å². The molecule has 3 nitrogen and oxygen atoms in total. The molecule has 0 amide bonds. The zero-order valence-corrected chi connectivity index (χ0v) is 12.3. The van der Waals surface area contributed by atoms with E-state index in [1.54, 1.807) is 6.33 Å². The Bertz CT molecular complexity index is 324.